The van der Waals surface area contributed by atoms with Crippen LogP contribution in [0.25, 0.3) is 5.57 Å². The van der Waals surface area contributed by atoms with Gasteiger partial charge in [-0.15, -0.1) is 0 Å². The monoisotopic (exact) mass is 544 g/mol. The van der Waals surface area contributed by atoms with Crippen LogP contribution in [0.4, 0.5) is 4.39 Å². The number of halogens is 1. The van der Waals surface area contributed by atoms with Crippen LogP contribution in [0.2, 0.25) is 0 Å². The van der Waals surface area contributed by atoms with Gasteiger partial charge in [0.15, 0.2) is 0 Å². The molecule has 1 aromatic heterocycles. The fourth-order valence-electron chi connectivity index (χ4n) is 3.03. The summed E-state index contributed by atoms with van der Waals surface area (Å²) in [6.07, 6.45) is 11.8. The molecular formula is C30H49FN6O2. The second kappa shape index (κ2) is 24.9. The lowest BCUT2D eigenvalue weighted by Gasteiger charge is -2.19. The zero-order valence-electron chi connectivity index (χ0n) is 25.0. The van der Waals surface area contributed by atoms with E-state index in [2.05, 4.69) is 38.8 Å². The molecule has 1 rings (SSSR count). The number of carbonyl (C=O) groups is 1. The first-order valence-corrected chi connectivity index (χ1v) is 13.2. The van der Waals surface area contributed by atoms with Gasteiger partial charge in [-0.25, -0.2) is 9.38 Å². The number of nitrogens with one attached hydrogen (secondary N) is 1. The van der Waals surface area contributed by atoms with Gasteiger partial charge in [0, 0.05) is 57.7 Å². The Labute approximate surface area is 235 Å². The molecule has 0 aliphatic rings. The van der Waals surface area contributed by atoms with Crippen molar-refractivity contribution in [1.82, 2.24) is 15.2 Å². The number of hydrogen-bond acceptors (Lipinski definition) is 5. The van der Waals surface area contributed by atoms with E-state index in [4.69, 9.17) is 5.11 Å². The quantitative estimate of drug-likeness (QED) is 0.165. The fourth-order valence-corrected chi connectivity index (χ4v) is 3.03. The molecule has 0 amide bonds. The van der Waals surface area contributed by atoms with Crippen LogP contribution in [-0.2, 0) is 4.79 Å². The highest BCUT2D eigenvalue weighted by atomic mass is 19.1. The van der Waals surface area contributed by atoms with Gasteiger partial charge in [-0.05, 0) is 65.2 Å². The first-order valence-electron chi connectivity index (χ1n) is 13.2. The SMILES string of the molecule is C/C=C\C(C)NC(C)=NC(C)/C=C/F.C=C(/C=N\C(=NC)N(C)CCC(C)CC=O)c1ccccn1.CCO. The normalized spacial score (nSPS) is 14.2. The summed E-state index contributed by atoms with van der Waals surface area (Å²) in [5.74, 6) is 1.82. The van der Waals surface area contributed by atoms with Crippen molar-refractivity contribution in [3.63, 3.8) is 0 Å². The van der Waals surface area contributed by atoms with Gasteiger partial charge in [0.2, 0.25) is 5.96 Å². The van der Waals surface area contributed by atoms with Crippen LogP contribution < -0.4 is 5.32 Å². The van der Waals surface area contributed by atoms with Gasteiger partial charge < -0.3 is 20.1 Å². The van der Waals surface area contributed by atoms with Gasteiger partial charge >= 0.3 is 0 Å². The number of aliphatic hydroxyl groups is 1. The van der Waals surface area contributed by atoms with E-state index in [0.717, 1.165) is 36.4 Å². The summed E-state index contributed by atoms with van der Waals surface area (Å²) in [5.41, 5.74) is 1.54. The van der Waals surface area contributed by atoms with Crippen molar-refractivity contribution in [3.05, 3.63) is 61.2 Å². The number of aliphatic hydroxyl groups excluding tert-OH is 1. The number of carbonyl (C=O) groups excluding carboxylic acids is 1. The Morgan fingerprint density at radius 2 is 1.95 bits per heavy atom. The second-order valence-electron chi connectivity index (χ2n) is 8.79. The molecule has 2 N–H and O–H groups in total. The van der Waals surface area contributed by atoms with E-state index >= 15 is 0 Å². The molecule has 0 spiro atoms. The van der Waals surface area contributed by atoms with Crippen molar-refractivity contribution in [2.75, 3.05) is 27.2 Å². The summed E-state index contributed by atoms with van der Waals surface area (Å²) in [6, 6.07) is 5.80. The molecule has 0 saturated heterocycles. The largest absolute Gasteiger partial charge is 0.397 e. The Balaban J connectivity index is 0. The van der Waals surface area contributed by atoms with Crippen molar-refractivity contribution >= 4 is 29.9 Å². The van der Waals surface area contributed by atoms with Crippen molar-refractivity contribution in [2.45, 2.75) is 66.5 Å². The standard InChI is InChI=1S/C17H24N4O.C11H19FN2.C2H6O/c1-14(9-12-22)8-11-21(4)17(18-3)20-13-15(2)16-7-5-6-10-19-16;1-5-6-9(2)13-11(4)14-10(3)7-8-12;1-2-3/h5-7,10,12-14H,2,8-9,11H2,1,3-4H3;5-10H,1-4H3,(H,13,14);3H,2H2,1H3/b18-17?,20-13-;6-5-,8-7+;. The molecule has 9 heteroatoms. The molecule has 0 fully saturated rings. The molecule has 3 atom stereocenters. The topological polar surface area (TPSA) is 103 Å². The average Bonchev–Trinajstić information content (AvgIpc) is 2.89. The van der Waals surface area contributed by atoms with Crippen LogP contribution >= 0.6 is 0 Å². The number of aliphatic imine (C=N–C) groups is 3. The van der Waals surface area contributed by atoms with E-state index in [-0.39, 0.29) is 18.7 Å². The molecule has 0 aliphatic carbocycles. The van der Waals surface area contributed by atoms with Gasteiger partial charge in [-0.1, -0.05) is 31.7 Å². The number of nitrogens with zero attached hydrogens (tertiary/aromatic N) is 5. The molecule has 0 aromatic carbocycles. The lowest BCUT2D eigenvalue weighted by molar-refractivity contribution is -0.108. The van der Waals surface area contributed by atoms with E-state index in [0.29, 0.717) is 24.6 Å². The van der Waals surface area contributed by atoms with Crippen LogP contribution in [0.15, 0.2) is 70.5 Å². The lowest BCUT2D eigenvalue weighted by Crippen LogP contribution is -2.29. The van der Waals surface area contributed by atoms with E-state index in [1.54, 1.807) is 26.4 Å². The Hall–Kier alpha value is -3.46. The summed E-state index contributed by atoms with van der Waals surface area (Å²) in [6.45, 7) is 16.5. The zero-order valence-corrected chi connectivity index (χ0v) is 25.0. The maximum Gasteiger partial charge on any atom is 0.220 e. The number of allylic oxidation sites excluding steroid dienone is 2. The third kappa shape index (κ3) is 21.2. The molecule has 3 unspecified atom stereocenters. The molecule has 0 saturated carbocycles. The van der Waals surface area contributed by atoms with Gasteiger partial charge in [-0.2, -0.15) is 0 Å². The number of pyridine rings is 1. The molecule has 0 aliphatic heterocycles. The van der Waals surface area contributed by atoms with Crippen LogP contribution in [0.1, 0.15) is 60.1 Å². The molecule has 0 bridgehead atoms. The summed E-state index contributed by atoms with van der Waals surface area (Å²) in [4.78, 5) is 29.5. The van der Waals surface area contributed by atoms with Crippen molar-refractivity contribution in [3.8, 4) is 0 Å². The predicted octanol–water partition coefficient (Wildman–Crippen LogP) is 5.53. The molecule has 39 heavy (non-hydrogen) atoms. The highest BCUT2D eigenvalue weighted by Crippen LogP contribution is 2.08. The Morgan fingerprint density at radius 1 is 1.28 bits per heavy atom. The zero-order chi connectivity index (χ0) is 30.1. The number of aldehydes is 1. The van der Waals surface area contributed by atoms with Gasteiger partial charge in [-0.3, -0.25) is 15.0 Å². The van der Waals surface area contributed by atoms with Crippen LogP contribution in [0.3, 0.4) is 0 Å². The summed E-state index contributed by atoms with van der Waals surface area (Å²) < 4.78 is 11.8. The molecule has 218 valence electrons. The van der Waals surface area contributed by atoms with Gasteiger partial charge in [0.25, 0.3) is 0 Å². The lowest BCUT2D eigenvalue weighted by atomic mass is 10.1. The Kier molecular flexibility index (Phi) is 24.0. The molecule has 0 radical (unpaired) electrons. The van der Waals surface area contributed by atoms with Crippen molar-refractivity contribution < 1.29 is 14.3 Å². The number of rotatable bonds is 11. The maximum atomic E-state index is 11.8. The van der Waals surface area contributed by atoms with Crippen LogP contribution in [0.5, 0.6) is 0 Å². The van der Waals surface area contributed by atoms with Gasteiger partial charge in [0.05, 0.1) is 23.9 Å². The number of guanidine groups is 1. The smallest absolute Gasteiger partial charge is 0.220 e. The summed E-state index contributed by atoms with van der Waals surface area (Å²) in [7, 11) is 3.65. The number of aromatic nitrogens is 1. The first-order chi connectivity index (χ1) is 18.6. The molecule has 1 aromatic rings. The maximum absolute atomic E-state index is 11.8. The minimum atomic E-state index is -0.120. The minimum absolute atomic E-state index is 0.120. The van der Waals surface area contributed by atoms with E-state index < -0.39 is 0 Å². The van der Waals surface area contributed by atoms with Crippen molar-refractivity contribution in [2.24, 2.45) is 20.9 Å². The molecule has 1 heterocycles. The van der Waals surface area contributed by atoms with Gasteiger partial charge in [0.1, 0.15) is 6.29 Å². The fraction of sp³-hybridized carbons (Fsp3) is 0.500. The highest BCUT2D eigenvalue weighted by molar-refractivity contribution is 6.11. The third-order valence-corrected chi connectivity index (χ3v) is 4.99. The van der Waals surface area contributed by atoms with E-state index in [1.807, 2.05) is 70.0 Å². The average molecular weight is 545 g/mol. The number of hydrogen-bond donors (Lipinski definition) is 2. The second-order valence-corrected chi connectivity index (χ2v) is 8.79. The highest BCUT2D eigenvalue weighted by Gasteiger charge is 2.07. The van der Waals surface area contributed by atoms with Crippen LogP contribution in [0, 0.1) is 5.92 Å². The summed E-state index contributed by atoms with van der Waals surface area (Å²) in [5, 5.41) is 10.7. The van der Waals surface area contributed by atoms with Crippen LogP contribution in [-0.4, -0.2) is 78.6 Å². The predicted molar refractivity (Wildman–Crippen MR) is 165 cm³/mol. The number of amidine groups is 1. The first kappa shape index (κ1) is 37.7. The Morgan fingerprint density at radius 3 is 2.46 bits per heavy atom. The molecule has 8 nitrogen and oxygen atoms in total. The summed E-state index contributed by atoms with van der Waals surface area (Å²) >= 11 is 0. The Bertz CT molecular complexity index is 929. The third-order valence-electron chi connectivity index (χ3n) is 4.99. The van der Waals surface area contributed by atoms with Crippen molar-refractivity contribution in [1.29, 1.82) is 0 Å². The van der Waals surface area contributed by atoms with E-state index in [1.165, 1.54) is 6.08 Å². The minimum Gasteiger partial charge on any atom is -0.397 e. The van der Waals surface area contributed by atoms with E-state index in [9.17, 15) is 9.18 Å². The molecular weight excluding hydrogens is 495 g/mol.